The summed E-state index contributed by atoms with van der Waals surface area (Å²) >= 11 is 0. The fraction of sp³-hybridized carbons (Fsp3) is 0.154. The molecule has 0 aliphatic carbocycles. The normalized spacial score (nSPS) is 14.2. The topological polar surface area (TPSA) is 63.4 Å². The van der Waals surface area contributed by atoms with E-state index in [1.54, 1.807) is 31.2 Å². The van der Waals surface area contributed by atoms with Gasteiger partial charge in [-0.3, -0.25) is 14.5 Å². The number of carbonyl (C=O) groups excluding carboxylic acids is 2. The van der Waals surface area contributed by atoms with Crippen molar-refractivity contribution in [3.8, 4) is 0 Å². The summed E-state index contributed by atoms with van der Waals surface area (Å²) in [7, 11) is 0. The molecule has 0 atom stereocenters. The lowest BCUT2D eigenvalue weighted by atomic mass is 10.1. The average molecular weight is 242 g/mol. The zero-order chi connectivity index (χ0) is 12.7. The van der Waals surface area contributed by atoms with Crippen LogP contribution in [-0.2, 0) is 6.54 Å². The van der Waals surface area contributed by atoms with Crippen LogP contribution >= 0.6 is 0 Å². The molecule has 0 radical (unpaired) electrons. The Morgan fingerprint density at radius 2 is 1.78 bits per heavy atom. The molecule has 18 heavy (non-hydrogen) atoms. The smallest absolute Gasteiger partial charge is 0.261 e. The first kappa shape index (κ1) is 10.7. The summed E-state index contributed by atoms with van der Waals surface area (Å²) in [6.45, 7) is 1.90. The number of fused-ring (bicyclic) bond motifs is 1. The number of aryl methyl sites for hydroxylation is 1. The number of amides is 2. The molecular weight excluding hydrogens is 232 g/mol. The van der Waals surface area contributed by atoms with Crippen LogP contribution in [0.3, 0.4) is 0 Å². The second-order valence-corrected chi connectivity index (χ2v) is 4.10. The minimum atomic E-state index is -0.280. The van der Waals surface area contributed by atoms with E-state index in [0.717, 1.165) is 0 Å². The van der Waals surface area contributed by atoms with Gasteiger partial charge < -0.3 is 4.42 Å². The lowest BCUT2D eigenvalue weighted by Crippen LogP contribution is -2.29. The Morgan fingerprint density at radius 3 is 2.28 bits per heavy atom. The van der Waals surface area contributed by atoms with Crippen molar-refractivity contribution in [1.29, 1.82) is 0 Å². The minimum Gasteiger partial charge on any atom is -0.448 e. The molecule has 0 spiro atoms. The summed E-state index contributed by atoms with van der Waals surface area (Å²) in [5, 5.41) is 0. The zero-order valence-electron chi connectivity index (χ0n) is 9.71. The summed E-state index contributed by atoms with van der Waals surface area (Å²) < 4.78 is 5.06. The maximum absolute atomic E-state index is 12.1. The van der Waals surface area contributed by atoms with Gasteiger partial charge in [-0.15, -0.1) is 0 Å². The zero-order valence-corrected chi connectivity index (χ0v) is 9.71. The van der Waals surface area contributed by atoms with Crippen LogP contribution in [0.2, 0.25) is 0 Å². The molecule has 0 unspecified atom stereocenters. The first-order valence-electron chi connectivity index (χ1n) is 5.52. The number of hydrogen-bond acceptors (Lipinski definition) is 4. The predicted octanol–water partition coefficient (Wildman–Crippen LogP) is 1.78. The van der Waals surface area contributed by atoms with Crippen LogP contribution < -0.4 is 0 Å². The molecule has 0 bridgehead atoms. The van der Waals surface area contributed by atoms with Crippen molar-refractivity contribution >= 4 is 11.8 Å². The minimum absolute atomic E-state index is 0.148. The number of oxazole rings is 1. The summed E-state index contributed by atoms with van der Waals surface area (Å²) in [6.07, 6.45) is 1.31. The maximum Gasteiger partial charge on any atom is 0.261 e. The molecule has 5 nitrogen and oxygen atoms in total. The molecule has 0 saturated heterocycles. The van der Waals surface area contributed by atoms with Gasteiger partial charge >= 0.3 is 0 Å². The van der Waals surface area contributed by atoms with Crippen molar-refractivity contribution in [3.63, 3.8) is 0 Å². The van der Waals surface area contributed by atoms with Crippen molar-refractivity contribution in [2.45, 2.75) is 13.5 Å². The van der Waals surface area contributed by atoms with Crippen molar-refractivity contribution < 1.29 is 14.0 Å². The highest BCUT2D eigenvalue weighted by Crippen LogP contribution is 2.24. The Morgan fingerprint density at radius 1 is 1.17 bits per heavy atom. The lowest BCUT2D eigenvalue weighted by Gasteiger charge is -2.11. The second-order valence-electron chi connectivity index (χ2n) is 4.10. The number of hydrogen-bond donors (Lipinski definition) is 0. The molecule has 3 rings (SSSR count). The van der Waals surface area contributed by atoms with E-state index >= 15 is 0 Å². The van der Waals surface area contributed by atoms with Crippen LogP contribution in [0.1, 0.15) is 32.2 Å². The quantitative estimate of drug-likeness (QED) is 0.753. The number of aromatic nitrogens is 1. The summed E-state index contributed by atoms with van der Waals surface area (Å²) in [6, 6.07) is 6.81. The lowest BCUT2D eigenvalue weighted by molar-refractivity contribution is 0.0640. The average Bonchev–Trinajstić information content (AvgIpc) is 2.89. The summed E-state index contributed by atoms with van der Waals surface area (Å²) in [5.74, 6) is 0.0579. The van der Waals surface area contributed by atoms with Crippen molar-refractivity contribution in [2.24, 2.45) is 0 Å². The van der Waals surface area contributed by atoms with Crippen LogP contribution in [0.5, 0.6) is 0 Å². The van der Waals surface area contributed by atoms with Gasteiger partial charge in [0.05, 0.1) is 17.7 Å². The molecule has 1 aliphatic rings. The third kappa shape index (κ3) is 1.44. The van der Waals surface area contributed by atoms with E-state index in [0.29, 0.717) is 22.6 Å². The highest BCUT2D eigenvalue weighted by molar-refractivity contribution is 6.21. The Hall–Kier alpha value is -2.43. The molecular formula is C13H10N2O3. The van der Waals surface area contributed by atoms with E-state index in [4.69, 9.17) is 4.42 Å². The molecule has 1 aliphatic heterocycles. The molecule has 0 saturated carbocycles. The molecule has 5 heteroatoms. The molecule has 2 heterocycles. The summed E-state index contributed by atoms with van der Waals surface area (Å²) in [4.78, 5) is 29.4. The fourth-order valence-corrected chi connectivity index (χ4v) is 2.01. The standard InChI is InChI=1S/C13H10N2O3/c1-8-11(14-7-18-8)6-15-12(16)9-4-2-3-5-10(9)13(15)17/h2-5,7H,6H2,1H3. The summed E-state index contributed by atoms with van der Waals surface area (Å²) in [5.41, 5.74) is 1.50. The van der Waals surface area contributed by atoms with Crippen LogP contribution in [0.25, 0.3) is 0 Å². The predicted molar refractivity (Wildman–Crippen MR) is 61.9 cm³/mol. The van der Waals surface area contributed by atoms with Gasteiger partial charge in [-0.1, -0.05) is 12.1 Å². The van der Waals surface area contributed by atoms with Crippen LogP contribution in [0.15, 0.2) is 35.1 Å². The molecule has 0 N–H and O–H groups in total. The first-order chi connectivity index (χ1) is 8.68. The first-order valence-corrected chi connectivity index (χ1v) is 5.52. The van der Waals surface area contributed by atoms with Gasteiger partial charge in [0.1, 0.15) is 11.5 Å². The van der Waals surface area contributed by atoms with Gasteiger partial charge in [-0.25, -0.2) is 4.98 Å². The number of rotatable bonds is 2. The Bertz CT molecular complexity index is 610. The highest BCUT2D eigenvalue weighted by atomic mass is 16.3. The van der Waals surface area contributed by atoms with Gasteiger partial charge in [-0.05, 0) is 19.1 Å². The van der Waals surface area contributed by atoms with Crippen molar-refractivity contribution in [1.82, 2.24) is 9.88 Å². The van der Waals surface area contributed by atoms with Crippen molar-refractivity contribution in [3.05, 3.63) is 53.2 Å². The molecule has 0 fully saturated rings. The Labute approximate surface area is 103 Å². The second kappa shape index (κ2) is 3.80. The monoisotopic (exact) mass is 242 g/mol. The van der Waals surface area contributed by atoms with E-state index in [1.807, 2.05) is 0 Å². The number of imide groups is 1. The fourth-order valence-electron chi connectivity index (χ4n) is 2.01. The largest absolute Gasteiger partial charge is 0.448 e. The Kier molecular flexibility index (Phi) is 2.26. The third-order valence-electron chi connectivity index (χ3n) is 3.03. The third-order valence-corrected chi connectivity index (χ3v) is 3.03. The molecule has 1 aromatic carbocycles. The molecule has 2 aromatic rings. The van der Waals surface area contributed by atoms with Crippen LogP contribution in [-0.4, -0.2) is 21.7 Å². The highest BCUT2D eigenvalue weighted by Gasteiger charge is 2.35. The van der Waals surface area contributed by atoms with Gasteiger partial charge in [-0.2, -0.15) is 0 Å². The molecule has 2 amide bonds. The molecule has 90 valence electrons. The number of nitrogens with zero attached hydrogens (tertiary/aromatic N) is 2. The van der Waals surface area contributed by atoms with Gasteiger partial charge in [0.25, 0.3) is 11.8 Å². The SMILES string of the molecule is Cc1ocnc1CN1C(=O)c2ccccc2C1=O. The van der Waals surface area contributed by atoms with E-state index in [1.165, 1.54) is 11.3 Å². The van der Waals surface area contributed by atoms with E-state index < -0.39 is 0 Å². The van der Waals surface area contributed by atoms with E-state index in [9.17, 15) is 9.59 Å². The van der Waals surface area contributed by atoms with E-state index in [2.05, 4.69) is 4.98 Å². The van der Waals surface area contributed by atoms with Gasteiger partial charge in [0.15, 0.2) is 6.39 Å². The van der Waals surface area contributed by atoms with E-state index in [-0.39, 0.29) is 18.4 Å². The van der Waals surface area contributed by atoms with Crippen LogP contribution in [0, 0.1) is 6.92 Å². The number of benzene rings is 1. The number of carbonyl (C=O) groups is 2. The maximum atomic E-state index is 12.1. The van der Waals surface area contributed by atoms with Gasteiger partial charge in [0, 0.05) is 0 Å². The van der Waals surface area contributed by atoms with Crippen LogP contribution in [0.4, 0.5) is 0 Å². The Balaban J connectivity index is 1.95. The van der Waals surface area contributed by atoms with Crippen molar-refractivity contribution in [2.75, 3.05) is 0 Å². The molecule has 1 aromatic heterocycles. The van der Waals surface area contributed by atoms with Gasteiger partial charge in [0.2, 0.25) is 0 Å².